The summed E-state index contributed by atoms with van der Waals surface area (Å²) >= 11 is 5.95. The van der Waals surface area contributed by atoms with Gasteiger partial charge in [-0.3, -0.25) is 4.79 Å². The van der Waals surface area contributed by atoms with Gasteiger partial charge >= 0.3 is 0 Å². The van der Waals surface area contributed by atoms with Crippen LogP contribution in [0.1, 0.15) is 23.2 Å². The predicted molar refractivity (Wildman–Crippen MR) is 99.9 cm³/mol. The molecule has 2 aromatic carbocycles. The lowest BCUT2D eigenvalue weighted by atomic mass is 10.1. The van der Waals surface area contributed by atoms with Gasteiger partial charge in [-0.25, -0.2) is 4.39 Å². The number of nitrogens with one attached hydrogen (secondary N) is 2. The van der Waals surface area contributed by atoms with Crippen molar-refractivity contribution < 1.29 is 9.18 Å². The largest absolute Gasteiger partial charge is 0.382 e. The van der Waals surface area contributed by atoms with Crippen LogP contribution in [0.4, 0.5) is 15.8 Å². The Morgan fingerprint density at radius 1 is 1.16 bits per heavy atom. The van der Waals surface area contributed by atoms with Gasteiger partial charge in [0.15, 0.2) is 0 Å². The molecular formula is C19H21ClFN3O. The molecule has 0 radical (unpaired) electrons. The number of amides is 1. The summed E-state index contributed by atoms with van der Waals surface area (Å²) in [5.74, 6) is -1.19. The number of hydrogen-bond donors (Lipinski definition) is 2. The van der Waals surface area contributed by atoms with Crippen LogP contribution in [-0.2, 0) is 0 Å². The summed E-state index contributed by atoms with van der Waals surface area (Å²) in [6.45, 7) is 2.14. The van der Waals surface area contributed by atoms with Crippen LogP contribution in [0.25, 0.3) is 0 Å². The molecule has 0 aromatic heterocycles. The lowest BCUT2D eigenvalue weighted by Crippen LogP contribution is -2.36. The first-order valence-corrected chi connectivity index (χ1v) is 8.71. The zero-order valence-electron chi connectivity index (χ0n) is 14.1. The molecule has 132 valence electrons. The molecule has 4 nitrogen and oxygen atoms in total. The smallest absolute Gasteiger partial charge is 0.260 e. The van der Waals surface area contributed by atoms with Gasteiger partial charge < -0.3 is 15.5 Å². The Morgan fingerprint density at radius 2 is 1.84 bits per heavy atom. The fourth-order valence-corrected chi connectivity index (χ4v) is 3.23. The molecule has 3 rings (SSSR count). The zero-order valence-corrected chi connectivity index (χ0v) is 14.8. The van der Waals surface area contributed by atoms with Gasteiger partial charge in [-0.15, -0.1) is 0 Å². The molecular weight excluding hydrogens is 341 g/mol. The van der Waals surface area contributed by atoms with Crippen LogP contribution in [-0.4, -0.2) is 37.0 Å². The van der Waals surface area contributed by atoms with E-state index in [-0.39, 0.29) is 10.6 Å². The maximum atomic E-state index is 13.9. The van der Waals surface area contributed by atoms with Crippen molar-refractivity contribution in [3.63, 3.8) is 0 Å². The molecule has 6 heteroatoms. The van der Waals surface area contributed by atoms with Crippen LogP contribution in [0, 0.1) is 5.82 Å². The molecule has 2 N–H and O–H groups in total. The molecule has 1 saturated heterocycles. The standard InChI is InChI=1S/C19H21ClFN3O/c1-24-10-8-13(9-11-24)22-14-4-2-5-15(12-14)23-19(25)18-16(20)6-3-7-17(18)21/h2-7,12-13,22H,8-11H2,1H3,(H,23,25). The average molecular weight is 362 g/mol. The minimum absolute atomic E-state index is 0.0955. The molecule has 0 saturated carbocycles. The number of benzene rings is 2. The van der Waals surface area contributed by atoms with Crippen LogP contribution in [0.3, 0.4) is 0 Å². The SMILES string of the molecule is CN1CCC(Nc2cccc(NC(=O)c3c(F)cccc3Cl)c2)CC1. The molecule has 1 fully saturated rings. The molecule has 1 heterocycles. The summed E-state index contributed by atoms with van der Waals surface area (Å²) in [4.78, 5) is 14.6. The lowest BCUT2D eigenvalue weighted by molar-refractivity contribution is 0.102. The van der Waals surface area contributed by atoms with Crippen LogP contribution in [0.5, 0.6) is 0 Å². The number of rotatable bonds is 4. The van der Waals surface area contributed by atoms with Crippen molar-refractivity contribution in [3.8, 4) is 0 Å². The number of halogens is 2. The van der Waals surface area contributed by atoms with E-state index in [0.717, 1.165) is 31.6 Å². The first kappa shape index (κ1) is 17.7. The summed E-state index contributed by atoms with van der Waals surface area (Å²) < 4.78 is 13.9. The van der Waals surface area contributed by atoms with Gasteiger partial charge in [-0.1, -0.05) is 23.7 Å². The summed E-state index contributed by atoms with van der Waals surface area (Å²) in [5.41, 5.74) is 1.40. The Labute approximate surface area is 152 Å². The fourth-order valence-electron chi connectivity index (χ4n) is 2.98. The molecule has 0 spiro atoms. The summed E-state index contributed by atoms with van der Waals surface area (Å²) in [7, 11) is 2.13. The lowest BCUT2D eigenvalue weighted by Gasteiger charge is -2.30. The van der Waals surface area contributed by atoms with Gasteiger partial charge in [-0.2, -0.15) is 0 Å². The maximum absolute atomic E-state index is 13.9. The van der Waals surface area contributed by atoms with Gasteiger partial charge in [0.1, 0.15) is 5.82 Å². The first-order valence-electron chi connectivity index (χ1n) is 8.33. The number of likely N-dealkylation sites (tertiary alicyclic amines) is 1. The molecule has 2 aromatic rings. The highest BCUT2D eigenvalue weighted by atomic mass is 35.5. The third kappa shape index (κ3) is 4.50. The van der Waals surface area contributed by atoms with Crippen molar-refractivity contribution in [3.05, 3.63) is 58.9 Å². The minimum Gasteiger partial charge on any atom is -0.382 e. The Morgan fingerprint density at radius 3 is 2.56 bits per heavy atom. The van der Waals surface area contributed by atoms with Crippen molar-refractivity contribution in [2.24, 2.45) is 0 Å². The highest BCUT2D eigenvalue weighted by Gasteiger charge is 2.18. The van der Waals surface area contributed by atoms with Crippen molar-refractivity contribution in [2.75, 3.05) is 30.8 Å². The topological polar surface area (TPSA) is 44.4 Å². The number of piperidine rings is 1. The van der Waals surface area contributed by atoms with Crippen molar-refractivity contribution in [1.29, 1.82) is 0 Å². The van der Waals surface area contributed by atoms with E-state index < -0.39 is 11.7 Å². The number of carbonyl (C=O) groups excluding carboxylic acids is 1. The molecule has 1 aliphatic rings. The second kappa shape index (κ2) is 7.85. The zero-order chi connectivity index (χ0) is 17.8. The second-order valence-corrected chi connectivity index (χ2v) is 6.76. The number of hydrogen-bond acceptors (Lipinski definition) is 3. The van der Waals surface area contributed by atoms with Crippen molar-refractivity contribution >= 4 is 28.9 Å². The third-order valence-corrected chi connectivity index (χ3v) is 4.71. The van der Waals surface area contributed by atoms with Crippen molar-refractivity contribution in [2.45, 2.75) is 18.9 Å². The molecule has 1 amide bonds. The number of nitrogens with zero attached hydrogens (tertiary/aromatic N) is 1. The van der Waals surface area contributed by atoms with Crippen LogP contribution in [0.2, 0.25) is 5.02 Å². The summed E-state index contributed by atoms with van der Waals surface area (Å²) in [6, 6.07) is 12.1. The Hall–Kier alpha value is -2.11. The summed E-state index contributed by atoms with van der Waals surface area (Å²) in [5, 5.41) is 6.31. The Bertz CT molecular complexity index is 740. The van der Waals surface area contributed by atoms with E-state index in [0.29, 0.717) is 11.7 Å². The van der Waals surface area contributed by atoms with Gasteiger partial charge in [0.25, 0.3) is 5.91 Å². The third-order valence-electron chi connectivity index (χ3n) is 4.40. The van der Waals surface area contributed by atoms with Gasteiger partial charge in [0.05, 0.1) is 10.6 Å². The van der Waals surface area contributed by atoms with Gasteiger partial charge in [0.2, 0.25) is 0 Å². The Kier molecular flexibility index (Phi) is 5.56. The van der Waals surface area contributed by atoms with E-state index in [1.807, 2.05) is 18.2 Å². The van der Waals surface area contributed by atoms with E-state index in [1.54, 1.807) is 6.07 Å². The van der Waals surface area contributed by atoms with Crippen LogP contribution in [0.15, 0.2) is 42.5 Å². The molecule has 1 aliphatic heterocycles. The van der Waals surface area contributed by atoms with E-state index >= 15 is 0 Å². The second-order valence-electron chi connectivity index (χ2n) is 6.35. The maximum Gasteiger partial charge on any atom is 0.260 e. The Balaban J connectivity index is 1.68. The minimum atomic E-state index is -0.634. The fraction of sp³-hybridized carbons (Fsp3) is 0.316. The van der Waals surface area contributed by atoms with E-state index in [9.17, 15) is 9.18 Å². The highest BCUT2D eigenvalue weighted by molar-refractivity contribution is 6.34. The first-order chi connectivity index (χ1) is 12.0. The molecule has 25 heavy (non-hydrogen) atoms. The monoisotopic (exact) mass is 361 g/mol. The molecule has 0 unspecified atom stereocenters. The van der Waals surface area contributed by atoms with Crippen LogP contribution >= 0.6 is 11.6 Å². The molecule has 0 aliphatic carbocycles. The quantitative estimate of drug-likeness (QED) is 0.856. The normalized spacial score (nSPS) is 15.8. The molecule has 0 bridgehead atoms. The average Bonchev–Trinajstić information content (AvgIpc) is 2.57. The molecule has 0 atom stereocenters. The van der Waals surface area contributed by atoms with E-state index in [4.69, 9.17) is 11.6 Å². The number of carbonyl (C=O) groups is 1. The predicted octanol–water partition coefficient (Wildman–Crippen LogP) is 4.24. The van der Waals surface area contributed by atoms with Gasteiger partial charge in [-0.05, 0) is 63.3 Å². The van der Waals surface area contributed by atoms with Crippen LogP contribution < -0.4 is 10.6 Å². The number of anilines is 2. The van der Waals surface area contributed by atoms with Gasteiger partial charge in [0, 0.05) is 17.4 Å². The highest BCUT2D eigenvalue weighted by Crippen LogP contribution is 2.23. The van der Waals surface area contributed by atoms with E-state index in [2.05, 4.69) is 22.6 Å². The van der Waals surface area contributed by atoms with E-state index in [1.165, 1.54) is 18.2 Å². The summed E-state index contributed by atoms with van der Waals surface area (Å²) in [6.07, 6.45) is 2.16. The van der Waals surface area contributed by atoms with Crippen molar-refractivity contribution in [1.82, 2.24) is 4.90 Å².